The number of carbonyl (C=O) groups excluding carboxylic acids is 1. The molecule has 2 rings (SSSR count). The van der Waals surface area contributed by atoms with Crippen LogP contribution in [0.25, 0.3) is 0 Å². The van der Waals surface area contributed by atoms with E-state index in [2.05, 4.69) is 16.8 Å². The number of aromatic nitrogens is 1. The number of rotatable bonds is 4. The molecule has 0 radical (unpaired) electrons. The Balaban J connectivity index is 2.30. The summed E-state index contributed by atoms with van der Waals surface area (Å²) in [5.74, 6) is 0.285. The summed E-state index contributed by atoms with van der Waals surface area (Å²) in [5.41, 5.74) is 6.98. The molecule has 1 saturated carbocycles. The van der Waals surface area contributed by atoms with Crippen LogP contribution < -0.4 is 10.6 Å². The van der Waals surface area contributed by atoms with E-state index < -0.39 is 5.97 Å². The van der Waals surface area contributed by atoms with E-state index >= 15 is 0 Å². The molecule has 1 fully saturated rings. The monoisotopic (exact) mass is 277 g/mol. The van der Waals surface area contributed by atoms with E-state index in [9.17, 15) is 4.79 Å². The molecule has 5 heteroatoms. The fraction of sp³-hybridized carbons (Fsp3) is 0.600. The van der Waals surface area contributed by atoms with Crippen molar-refractivity contribution in [1.29, 1.82) is 0 Å². The molecular weight excluding hydrogens is 254 g/mol. The van der Waals surface area contributed by atoms with Gasteiger partial charge in [-0.1, -0.05) is 19.3 Å². The number of hydrogen-bond acceptors (Lipinski definition) is 5. The third-order valence-electron chi connectivity index (χ3n) is 3.93. The standard InChI is InChI=1S/C15H23N3O2/c1-3-18(11-7-5-4-6-8-11)14-12(16)9-10-13(17-14)15(19)20-2/h9-11H,3-8,16H2,1-2H3. The normalized spacial score (nSPS) is 15.9. The highest BCUT2D eigenvalue weighted by atomic mass is 16.5. The van der Waals surface area contributed by atoms with Crippen molar-refractivity contribution >= 4 is 17.5 Å². The molecule has 1 aromatic rings. The van der Waals surface area contributed by atoms with E-state index in [0.29, 0.717) is 23.2 Å². The van der Waals surface area contributed by atoms with Crippen molar-refractivity contribution in [1.82, 2.24) is 4.98 Å². The minimum atomic E-state index is -0.425. The molecule has 1 aliphatic carbocycles. The first kappa shape index (κ1) is 14.6. The van der Waals surface area contributed by atoms with E-state index in [1.54, 1.807) is 12.1 Å². The van der Waals surface area contributed by atoms with Crippen molar-refractivity contribution in [2.45, 2.75) is 45.1 Å². The summed E-state index contributed by atoms with van der Waals surface area (Å²) in [7, 11) is 1.36. The quantitative estimate of drug-likeness (QED) is 0.857. The molecule has 0 aliphatic heterocycles. The lowest BCUT2D eigenvalue weighted by Crippen LogP contribution is -2.38. The molecule has 1 heterocycles. The van der Waals surface area contributed by atoms with Crippen LogP contribution in [0.1, 0.15) is 49.5 Å². The minimum absolute atomic E-state index is 0.311. The number of ether oxygens (including phenoxy) is 1. The maximum Gasteiger partial charge on any atom is 0.356 e. The van der Waals surface area contributed by atoms with E-state index in [0.717, 1.165) is 19.4 Å². The Hall–Kier alpha value is -1.78. The van der Waals surface area contributed by atoms with Gasteiger partial charge in [-0.15, -0.1) is 0 Å². The number of methoxy groups -OCH3 is 1. The van der Waals surface area contributed by atoms with E-state index in [1.807, 2.05) is 0 Å². The van der Waals surface area contributed by atoms with Crippen LogP contribution in [-0.4, -0.2) is 30.6 Å². The summed E-state index contributed by atoms with van der Waals surface area (Å²) in [6.07, 6.45) is 6.13. The Bertz CT molecular complexity index is 470. The van der Waals surface area contributed by atoms with Crippen LogP contribution in [0.15, 0.2) is 12.1 Å². The SMILES string of the molecule is CCN(c1nc(C(=O)OC)ccc1N)C1CCCCC1. The average Bonchev–Trinajstić information content (AvgIpc) is 2.50. The summed E-state index contributed by atoms with van der Waals surface area (Å²) in [5, 5.41) is 0. The van der Waals surface area contributed by atoms with Gasteiger partial charge in [-0.25, -0.2) is 9.78 Å². The molecule has 110 valence electrons. The largest absolute Gasteiger partial charge is 0.464 e. The molecule has 0 saturated heterocycles. The highest BCUT2D eigenvalue weighted by Crippen LogP contribution is 2.29. The highest BCUT2D eigenvalue weighted by molar-refractivity contribution is 5.88. The van der Waals surface area contributed by atoms with Crippen molar-refractivity contribution in [3.8, 4) is 0 Å². The summed E-state index contributed by atoms with van der Waals surface area (Å²) in [4.78, 5) is 18.3. The van der Waals surface area contributed by atoms with Crippen LogP contribution in [0.3, 0.4) is 0 Å². The first-order valence-electron chi connectivity index (χ1n) is 7.28. The van der Waals surface area contributed by atoms with Crippen LogP contribution in [0.2, 0.25) is 0 Å². The van der Waals surface area contributed by atoms with Gasteiger partial charge >= 0.3 is 5.97 Å². The lowest BCUT2D eigenvalue weighted by Gasteiger charge is -2.35. The van der Waals surface area contributed by atoms with E-state index in [1.165, 1.54) is 26.4 Å². The summed E-state index contributed by atoms with van der Waals surface area (Å²) in [6.45, 7) is 2.94. The maximum atomic E-state index is 11.6. The van der Waals surface area contributed by atoms with Crippen LogP contribution >= 0.6 is 0 Å². The third-order valence-corrected chi connectivity index (χ3v) is 3.93. The molecule has 1 aliphatic rings. The molecular formula is C15H23N3O2. The Labute approximate surface area is 120 Å². The fourth-order valence-corrected chi connectivity index (χ4v) is 2.88. The number of nitrogens with zero attached hydrogens (tertiary/aromatic N) is 2. The second-order valence-corrected chi connectivity index (χ2v) is 5.18. The number of anilines is 2. The number of carbonyl (C=O) groups is 1. The average molecular weight is 277 g/mol. The van der Waals surface area contributed by atoms with Gasteiger partial charge < -0.3 is 15.4 Å². The molecule has 2 N–H and O–H groups in total. The second-order valence-electron chi connectivity index (χ2n) is 5.18. The van der Waals surface area contributed by atoms with Crippen molar-refractivity contribution in [3.05, 3.63) is 17.8 Å². The summed E-state index contributed by atoms with van der Waals surface area (Å²) >= 11 is 0. The molecule has 1 aromatic heterocycles. The Kier molecular flexibility index (Phi) is 4.82. The molecule has 0 amide bonds. The smallest absolute Gasteiger partial charge is 0.356 e. The van der Waals surface area contributed by atoms with Crippen molar-refractivity contribution < 1.29 is 9.53 Å². The number of hydrogen-bond donors (Lipinski definition) is 1. The molecule has 20 heavy (non-hydrogen) atoms. The van der Waals surface area contributed by atoms with Gasteiger partial charge in [-0.3, -0.25) is 0 Å². The van der Waals surface area contributed by atoms with Gasteiger partial charge in [0.25, 0.3) is 0 Å². The van der Waals surface area contributed by atoms with Gasteiger partial charge in [0, 0.05) is 12.6 Å². The first-order valence-corrected chi connectivity index (χ1v) is 7.28. The van der Waals surface area contributed by atoms with Gasteiger partial charge in [0.1, 0.15) is 0 Å². The van der Waals surface area contributed by atoms with E-state index in [-0.39, 0.29) is 0 Å². The third kappa shape index (κ3) is 3.03. The highest BCUT2D eigenvalue weighted by Gasteiger charge is 2.23. The second kappa shape index (κ2) is 6.59. The lowest BCUT2D eigenvalue weighted by molar-refractivity contribution is 0.0594. The van der Waals surface area contributed by atoms with Gasteiger partial charge in [0.2, 0.25) is 0 Å². The van der Waals surface area contributed by atoms with Crippen molar-refractivity contribution in [2.24, 2.45) is 0 Å². The minimum Gasteiger partial charge on any atom is -0.464 e. The molecule has 0 unspecified atom stereocenters. The molecule has 5 nitrogen and oxygen atoms in total. The zero-order chi connectivity index (χ0) is 14.5. The van der Waals surface area contributed by atoms with Gasteiger partial charge in [-0.2, -0.15) is 0 Å². The lowest BCUT2D eigenvalue weighted by atomic mass is 9.94. The number of pyridine rings is 1. The predicted octanol–water partition coefficient (Wildman–Crippen LogP) is 2.61. The van der Waals surface area contributed by atoms with Crippen molar-refractivity contribution in [3.63, 3.8) is 0 Å². The Morgan fingerprint density at radius 1 is 1.40 bits per heavy atom. The van der Waals surface area contributed by atoms with Crippen LogP contribution in [0.4, 0.5) is 11.5 Å². The number of nitrogen functional groups attached to an aromatic ring is 1. The van der Waals surface area contributed by atoms with Crippen LogP contribution in [0.5, 0.6) is 0 Å². The first-order chi connectivity index (χ1) is 9.67. The Morgan fingerprint density at radius 2 is 2.10 bits per heavy atom. The van der Waals surface area contributed by atoms with Gasteiger partial charge in [0.05, 0.1) is 12.8 Å². The van der Waals surface area contributed by atoms with Crippen LogP contribution in [0, 0.1) is 0 Å². The topological polar surface area (TPSA) is 68.5 Å². The fourth-order valence-electron chi connectivity index (χ4n) is 2.88. The van der Waals surface area contributed by atoms with E-state index in [4.69, 9.17) is 10.5 Å². The van der Waals surface area contributed by atoms with Gasteiger partial charge in [0.15, 0.2) is 11.5 Å². The zero-order valence-electron chi connectivity index (χ0n) is 12.3. The number of nitrogens with two attached hydrogens (primary N) is 1. The number of esters is 1. The molecule has 0 spiro atoms. The Morgan fingerprint density at radius 3 is 2.70 bits per heavy atom. The maximum absolute atomic E-state index is 11.6. The predicted molar refractivity (Wildman–Crippen MR) is 79.9 cm³/mol. The van der Waals surface area contributed by atoms with Crippen molar-refractivity contribution in [2.75, 3.05) is 24.3 Å². The van der Waals surface area contributed by atoms with Crippen LogP contribution in [-0.2, 0) is 4.74 Å². The summed E-state index contributed by atoms with van der Waals surface area (Å²) in [6, 6.07) is 3.82. The molecule has 0 aromatic carbocycles. The molecule has 0 bridgehead atoms. The summed E-state index contributed by atoms with van der Waals surface area (Å²) < 4.78 is 4.73. The van der Waals surface area contributed by atoms with Gasteiger partial charge in [-0.05, 0) is 31.9 Å². The molecule has 0 atom stereocenters. The zero-order valence-corrected chi connectivity index (χ0v) is 12.3.